The van der Waals surface area contributed by atoms with Gasteiger partial charge in [-0.05, 0) is 13.3 Å². The minimum atomic E-state index is -0.243. The maximum atomic E-state index is 5.51. The third kappa shape index (κ3) is 1.38. The molecule has 0 aromatic rings. The first-order valence-corrected chi connectivity index (χ1v) is 5.13. The lowest BCUT2D eigenvalue weighted by Crippen LogP contribution is -2.36. The van der Waals surface area contributed by atoms with Gasteiger partial charge in [0.25, 0.3) is 0 Å². The largest absolute Gasteiger partial charge is 0.478 e. The number of aliphatic imine (C=N–C) groups is 2. The highest BCUT2D eigenvalue weighted by atomic mass is 16.5. The van der Waals surface area contributed by atoms with E-state index in [1.54, 1.807) is 0 Å². The molecule has 2 aliphatic heterocycles. The molecule has 0 atom stereocenters. The summed E-state index contributed by atoms with van der Waals surface area (Å²) in [6.45, 7) is 7.10. The number of hydrogen-bond donors (Lipinski definition) is 0. The summed E-state index contributed by atoms with van der Waals surface area (Å²) in [6.07, 6.45) is 0.907. The van der Waals surface area contributed by atoms with Crippen LogP contribution in [0.3, 0.4) is 0 Å². The van der Waals surface area contributed by atoms with Crippen molar-refractivity contribution in [3.05, 3.63) is 0 Å². The highest BCUT2D eigenvalue weighted by Gasteiger charge is 2.40. The van der Waals surface area contributed by atoms with Gasteiger partial charge in [-0.15, -0.1) is 0 Å². The van der Waals surface area contributed by atoms with E-state index in [0.717, 1.165) is 31.3 Å². The van der Waals surface area contributed by atoms with Crippen molar-refractivity contribution in [3.63, 3.8) is 0 Å². The van der Waals surface area contributed by atoms with E-state index in [-0.39, 0.29) is 5.41 Å². The zero-order chi connectivity index (χ0) is 10.0. The van der Waals surface area contributed by atoms with Crippen molar-refractivity contribution < 1.29 is 9.47 Å². The normalized spacial score (nSPS) is 21.3. The molecule has 4 nitrogen and oxygen atoms in total. The minimum absolute atomic E-state index is 0.243. The van der Waals surface area contributed by atoms with E-state index in [0.29, 0.717) is 13.2 Å². The predicted octanol–water partition coefficient (Wildman–Crippen LogP) is 1.26. The van der Waals surface area contributed by atoms with Crippen LogP contribution in [-0.2, 0) is 9.47 Å². The molecule has 0 aromatic carbocycles. The molecule has 0 bridgehead atoms. The zero-order valence-corrected chi connectivity index (χ0v) is 8.75. The van der Waals surface area contributed by atoms with Gasteiger partial charge in [-0.3, -0.25) is 9.98 Å². The Morgan fingerprint density at radius 3 is 1.93 bits per heavy atom. The average molecular weight is 196 g/mol. The van der Waals surface area contributed by atoms with Gasteiger partial charge in [0.05, 0.1) is 13.1 Å². The third-order valence-corrected chi connectivity index (χ3v) is 2.82. The molecule has 2 rings (SSSR count). The smallest absolute Gasteiger partial charge is 0.199 e. The molecule has 4 heteroatoms. The van der Waals surface area contributed by atoms with Gasteiger partial charge < -0.3 is 9.47 Å². The molecule has 0 radical (unpaired) electrons. The second-order valence-electron chi connectivity index (χ2n) is 3.76. The maximum Gasteiger partial charge on any atom is 0.199 e. The monoisotopic (exact) mass is 196 g/mol. The van der Waals surface area contributed by atoms with E-state index in [4.69, 9.17) is 9.47 Å². The summed E-state index contributed by atoms with van der Waals surface area (Å²) < 4.78 is 11.0. The Labute approximate surface area is 84.0 Å². The Bertz CT molecular complexity index is 260. The van der Waals surface area contributed by atoms with Crippen molar-refractivity contribution in [2.45, 2.75) is 20.3 Å². The first-order valence-electron chi connectivity index (χ1n) is 5.13. The van der Waals surface area contributed by atoms with Gasteiger partial charge in [-0.25, -0.2) is 0 Å². The number of rotatable bonds is 3. The van der Waals surface area contributed by atoms with E-state index in [1.165, 1.54) is 0 Å². The number of ether oxygens (including phenoxy) is 2. The summed E-state index contributed by atoms with van der Waals surface area (Å²) in [5, 5.41) is 0. The molecule has 0 spiro atoms. The fourth-order valence-corrected chi connectivity index (χ4v) is 1.73. The Kier molecular flexibility index (Phi) is 2.44. The molecule has 78 valence electrons. The Balaban J connectivity index is 2.23. The SMILES string of the molecule is CCC(C)(C1=NCCO1)C1=NCCO1. The minimum Gasteiger partial charge on any atom is -0.478 e. The van der Waals surface area contributed by atoms with Crippen LogP contribution < -0.4 is 0 Å². The van der Waals surface area contributed by atoms with E-state index in [1.807, 2.05) is 0 Å². The lowest BCUT2D eigenvalue weighted by Gasteiger charge is -2.26. The van der Waals surface area contributed by atoms with Crippen molar-refractivity contribution in [2.75, 3.05) is 26.3 Å². The van der Waals surface area contributed by atoms with Crippen LogP contribution in [0.4, 0.5) is 0 Å². The number of hydrogen-bond acceptors (Lipinski definition) is 4. The fourth-order valence-electron chi connectivity index (χ4n) is 1.73. The highest BCUT2D eigenvalue weighted by Crippen LogP contribution is 2.30. The lowest BCUT2D eigenvalue weighted by molar-refractivity contribution is 0.271. The van der Waals surface area contributed by atoms with Gasteiger partial charge in [0, 0.05) is 0 Å². The maximum absolute atomic E-state index is 5.51. The second kappa shape index (κ2) is 3.59. The predicted molar refractivity (Wildman–Crippen MR) is 54.9 cm³/mol. The molecule has 0 aliphatic carbocycles. The Hall–Kier alpha value is -1.06. The molecule has 0 unspecified atom stereocenters. The first kappa shape index (κ1) is 9.49. The molecule has 2 heterocycles. The van der Waals surface area contributed by atoms with Gasteiger partial charge in [0.2, 0.25) is 0 Å². The highest BCUT2D eigenvalue weighted by molar-refractivity contribution is 6.05. The van der Waals surface area contributed by atoms with Gasteiger partial charge >= 0.3 is 0 Å². The summed E-state index contributed by atoms with van der Waals surface area (Å²) in [4.78, 5) is 8.71. The quantitative estimate of drug-likeness (QED) is 0.682. The van der Waals surface area contributed by atoms with Gasteiger partial charge in [-0.1, -0.05) is 6.92 Å². The zero-order valence-electron chi connectivity index (χ0n) is 8.75. The average Bonchev–Trinajstić information content (AvgIpc) is 2.88. The Morgan fingerprint density at radius 2 is 1.64 bits per heavy atom. The summed E-state index contributed by atoms with van der Waals surface area (Å²) in [5.41, 5.74) is -0.243. The van der Waals surface area contributed by atoms with Crippen LogP contribution in [0.25, 0.3) is 0 Å². The van der Waals surface area contributed by atoms with Gasteiger partial charge in [0.15, 0.2) is 11.8 Å². The van der Waals surface area contributed by atoms with Crippen LogP contribution in [0.1, 0.15) is 20.3 Å². The molecule has 0 amide bonds. The number of nitrogens with zero attached hydrogens (tertiary/aromatic N) is 2. The van der Waals surface area contributed by atoms with Crippen molar-refractivity contribution >= 4 is 11.8 Å². The lowest BCUT2D eigenvalue weighted by atomic mass is 9.87. The van der Waals surface area contributed by atoms with Crippen LogP contribution in [0.15, 0.2) is 9.98 Å². The standard InChI is InChI=1S/C10H16N2O2/c1-3-10(2,8-11-4-6-13-8)9-12-5-7-14-9/h3-7H2,1-2H3. The molecule has 0 saturated heterocycles. The fraction of sp³-hybridized carbons (Fsp3) is 0.800. The van der Waals surface area contributed by atoms with Gasteiger partial charge in [0.1, 0.15) is 18.6 Å². The van der Waals surface area contributed by atoms with Gasteiger partial charge in [-0.2, -0.15) is 0 Å². The molecular weight excluding hydrogens is 180 g/mol. The summed E-state index contributed by atoms with van der Waals surface area (Å²) in [5.74, 6) is 1.58. The Morgan fingerprint density at radius 1 is 1.14 bits per heavy atom. The summed E-state index contributed by atoms with van der Waals surface area (Å²) >= 11 is 0. The van der Waals surface area contributed by atoms with E-state index >= 15 is 0 Å². The van der Waals surface area contributed by atoms with Crippen LogP contribution in [0, 0.1) is 5.41 Å². The van der Waals surface area contributed by atoms with Crippen LogP contribution in [0.5, 0.6) is 0 Å². The second-order valence-corrected chi connectivity index (χ2v) is 3.76. The van der Waals surface area contributed by atoms with E-state index in [9.17, 15) is 0 Å². The first-order chi connectivity index (χ1) is 6.77. The molecule has 0 saturated carbocycles. The van der Waals surface area contributed by atoms with Crippen molar-refractivity contribution in [3.8, 4) is 0 Å². The molecule has 14 heavy (non-hydrogen) atoms. The van der Waals surface area contributed by atoms with E-state index < -0.39 is 0 Å². The molecule has 2 aliphatic rings. The topological polar surface area (TPSA) is 43.2 Å². The summed E-state index contributed by atoms with van der Waals surface area (Å²) in [6, 6.07) is 0. The summed E-state index contributed by atoms with van der Waals surface area (Å²) in [7, 11) is 0. The third-order valence-electron chi connectivity index (χ3n) is 2.82. The van der Waals surface area contributed by atoms with E-state index in [2.05, 4.69) is 23.8 Å². The molecule has 0 fully saturated rings. The van der Waals surface area contributed by atoms with Crippen LogP contribution in [-0.4, -0.2) is 38.1 Å². The molecule has 0 aromatic heterocycles. The van der Waals surface area contributed by atoms with Crippen LogP contribution in [0.2, 0.25) is 0 Å². The molecular formula is C10H16N2O2. The van der Waals surface area contributed by atoms with Crippen molar-refractivity contribution in [2.24, 2.45) is 15.4 Å². The van der Waals surface area contributed by atoms with Crippen LogP contribution >= 0.6 is 0 Å². The van der Waals surface area contributed by atoms with Crippen molar-refractivity contribution in [1.29, 1.82) is 0 Å². The van der Waals surface area contributed by atoms with Crippen molar-refractivity contribution in [1.82, 2.24) is 0 Å². The molecule has 0 N–H and O–H groups in total.